The Hall–Kier alpha value is -2.79. The van der Waals surface area contributed by atoms with Crippen molar-refractivity contribution < 1.29 is 0 Å². The predicted octanol–water partition coefficient (Wildman–Crippen LogP) is 3.30. The maximum Gasteiger partial charge on any atom is 0.227 e. The van der Waals surface area contributed by atoms with Crippen LogP contribution in [0.5, 0.6) is 0 Å². The minimum absolute atomic E-state index is 0.00982. The topological polar surface area (TPSA) is 76.7 Å². The second-order valence-electron chi connectivity index (χ2n) is 5.05. The molecule has 1 unspecified atom stereocenters. The number of benzene rings is 1. The number of hydrogen-bond acceptors (Lipinski definition) is 5. The Balaban J connectivity index is 1.86. The first kappa shape index (κ1) is 14.2. The van der Waals surface area contributed by atoms with E-state index in [1.54, 1.807) is 18.6 Å². The zero-order valence-corrected chi connectivity index (χ0v) is 12.3. The molecular formula is C17H17N5. The van der Waals surface area contributed by atoms with Crippen molar-refractivity contribution in [1.82, 2.24) is 15.0 Å². The van der Waals surface area contributed by atoms with Crippen molar-refractivity contribution in [2.45, 2.75) is 13.0 Å². The highest BCUT2D eigenvalue weighted by Gasteiger charge is 2.04. The summed E-state index contributed by atoms with van der Waals surface area (Å²) in [5, 5.41) is 3.21. The summed E-state index contributed by atoms with van der Waals surface area (Å²) in [6.45, 7) is 1.96. The van der Waals surface area contributed by atoms with Crippen LogP contribution in [0.25, 0.3) is 11.3 Å². The van der Waals surface area contributed by atoms with Crippen molar-refractivity contribution in [3.8, 4) is 11.3 Å². The summed E-state index contributed by atoms with van der Waals surface area (Å²) in [6.07, 6.45) is 5.25. The quantitative estimate of drug-likeness (QED) is 0.771. The minimum Gasteiger partial charge on any atom is -0.324 e. The third kappa shape index (κ3) is 3.27. The molecule has 3 rings (SSSR count). The fraction of sp³-hybridized carbons (Fsp3) is 0.118. The van der Waals surface area contributed by atoms with Gasteiger partial charge in [-0.3, -0.25) is 4.98 Å². The van der Waals surface area contributed by atoms with E-state index in [0.717, 1.165) is 22.5 Å². The van der Waals surface area contributed by atoms with Crippen LogP contribution in [0.2, 0.25) is 0 Å². The number of nitrogens with two attached hydrogens (primary N) is 1. The molecule has 0 radical (unpaired) electrons. The van der Waals surface area contributed by atoms with Gasteiger partial charge in [0.2, 0.25) is 5.95 Å². The summed E-state index contributed by atoms with van der Waals surface area (Å²) in [7, 11) is 0. The summed E-state index contributed by atoms with van der Waals surface area (Å²) in [4.78, 5) is 12.9. The van der Waals surface area contributed by atoms with E-state index >= 15 is 0 Å². The average molecular weight is 291 g/mol. The standard InChI is InChI=1S/C17H17N5/c1-12(18)13-4-2-6-15(10-13)21-17-20-9-7-16(22-17)14-5-3-8-19-11-14/h2-12H,18H2,1H3,(H,20,21,22). The van der Waals surface area contributed by atoms with Crippen molar-refractivity contribution >= 4 is 11.6 Å². The molecule has 0 fully saturated rings. The number of rotatable bonds is 4. The summed E-state index contributed by atoms with van der Waals surface area (Å²) >= 11 is 0. The Bertz CT molecular complexity index is 756. The molecule has 0 aliphatic rings. The number of aromatic nitrogens is 3. The maximum absolute atomic E-state index is 5.91. The van der Waals surface area contributed by atoms with E-state index in [2.05, 4.69) is 20.3 Å². The van der Waals surface area contributed by atoms with Gasteiger partial charge in [-0.1, -0.05) is 12.1 Å². The Kier molecular flexibility index (Phi) is 4.07. The van der Waals surface area contributed by atoms with Crippen LogP contribution >= 0.6 is 0 Å². The van der Waals surface area contributed by atoms with Crippen molar-refractivity contribution in [3.05, 3.63) is 66.6 Å². The average Bonchev–Trinajstić information content (AvgIpc) is 2.56. The van der Waals surface area contributed by atoms with Crippen LogP contribution in [0.3, 0.4) is 0 Å². The molecule has 0 aliphatic carbocycles. The van der Waals surface area contributed by atoms with Gasteiger partial charge in [-0.2, -0.15) is 0 Å². The smallest absolute Gasteiger partial charge is 0.227 e. The monoisotopic (exact) mass is 291 g/mol. The van der Waals surface area contributed by atoms with E-state index in [1.165, 1.54) is 0 Å². The molecule has 0 aliphatic heterocycles. The zero-order chi connectivity index (χ0) is 15.4. The van der Waals surface area contributed by atoms with Crippen LogP contribution in [0, 0.1) is 0 Å². The molecule has 0 amide bonds. The number of nitrogens with one attached hydrogen (secondary N) is 1. The number of nitrogens with zero attached hydrogens (tertiary/aromatic N) is 3. The first-order chi connectivity index (χ1) is 10.7. The number of anilines is 2. The Labute approximate surface area is 129 Å². The van der Waals surface area contributed by atoms with Crippen molar-refractivity contribution in [2.75, 3.05) is 5.32 Å². The second kappa shape index (κ2) is 6.32. The van der Waals surface area contributed by atoms with Gasteiger partial charge in [-0.05, 0) is 42.8 Å². The van der Waals surface area contributed by atoms with Crippen LogP contribution in [0.4, 0.5) is 11.6 Å². The van der Waals surface area contributed by atoms with Gasteiger partial charge >= 0.3 is 0 Å². The van der Waals surface area contributed by atoms with Crippen LogP contribution in [0.1, 0.15) is 18.5 Å². The molecule has 1 atom stereocenters. The predicted molar refractivity (Wildman–Crippen MR) is 87.6 cm³/mol. The molecule has 0 saturated carbocycles. The molecular weight excluding hydrogens is 274 g/mol. The molecule has 0 saturated heterocycles. The largest absolute Gasteiger partial charge is 0.324 e. The molecule has 3 aromatic rings. The lowest BCUT2D eigenvalue weighted by Gasteiger charge is -2.10. The van der Waals surface area contributed by atoms with Crippen molar-refractivity contribution in [3.63, 3.8) is 0 Å². The van der Waals surface area contributed by atoms with E-state index in [1.807, 2.05) is 49.4 Å². The Morgan fingerprint density at radius 2 is 2.00 bits per heavy atom. The van der Waals surface area contributed by atoms with Crippen molar-refractivity contribution in [1.29, 1.82) is 0 Å². The summed E-state index contributed by atoms with van der Waals surface area (Å²) in [5.74, 6) is 0.545. The SMILES string of the molecule is CC(N)c1cccc(Nc2nccc(-c3cccnc3)n2)c1. The normalized spacial score (nSPS) is 11.9. The highest BCUT2D eigenvalue weighted by molar-refractivity contribution is 5.61. The molecule has 1 aromatic carbocycles. The Morgan fingerprint density at radius 3 is 2.77 bits per heavy atom. The van der Waals surface area contributed by atoms with Crippen LogP contribution in [0.15, 0.2) is 61.1 Å². The third-order valence-corrected chi connectivity index (χ3v) is 3.28. The van der Waals surface area contributed by atoms with Gasteiger partial charge in [0, 0.05) is 35.9 Å². The lowest BCUT2D eigenvalue weighted by atomic mass is 10.1. The van der Waals surface area contributed by atoms with Crippen LogP contribution < -0.4 is 11.1 Å². The summed E-state index contributed by atoms with van der Waals surface area (Å²) in [6, 6.07) is 13.6. The second-order valence-corrected chi connectivity index (χ2v) is 5.05. The van der Waals surface area contributed by atoms with Crippen LogP contribution in [-0.4, -0.2) is 15.0 Å². The van der Waals surface area contributed by atoms with Gasteiger partial charge in [-0.15, -0.1) is 0 Å². The van der Waals surface area contributed by atoms with Gasteiger partial charge in [0.25, 0.3) is 0 Å². The molecule has 2 aromatic heterocycles. The van der Waals surface area contributed by atoms with Gasteiger partial charge in [-0.25, -0.2) is 9.97 Å². The molecule has 22 heavy (non-hydrogen) atoms. The van der Waals surface area contributed by atoms with Gasteiger partial charge in [0.05, 0.1) is 5.69 Å². The van der Waals surface area contributed by atoms with Crippen molar-refractivity contribution in [2.24, 2.45) is 5.73 Å². The van der Waals surface area contributed by atoms with E-state index in [-0.39, 0.29) is 6.04 Å². The fourth-order valence-electron chi connectivity index (χ4n) is 2.12. The number of pyridine rings is 1. The lowest BCUT2D eigenvalue weighted by Crippen LogP contribution is -2.05. The highest BCUT2D eigenvalue weighted by Crippen LogP contribution is 2.20. The maximum atomic E-state index is 5.91. The Morgan fingerprint density at radius 1 is 1.09 bits per heavy atom. The van der Waals surface area contributed by atoms with Crippen LogP contribution in [-0.2, 0) is 0 Å². The molecule has 5 nitrogen and oxygen atoms in total. The molecule has 3 N–H and O–H groups in total. The summed E-state index contributed by atoms with van der Waals surface area (Å²) in [5.41, 5.74) is 9.67. The van der Waals surface area contributed by atoms with Gasteiger partial charge < -0.3 is 11.1 Å². The van der Waals surface area contributed by atoms with E-state index in [4.69, 9.17) is 5.73 Å². The van der Waals surface area contributed by atoms with Gasteiger partial charge in [0.1, 0.15) is 0 Å². The van der Waals surface area contributed by atoms with E-state index in [0.29, 0.717) is 5.95 Å². The third-order valence-electron chi connectivity index (χ3n) is 3.28. The first-order valence-corrected chi connectivity index (χ1v) is 7.08. The summed E-state index contributed by atoms with van der Waals surface area (Å²) < 4.78 is 0. The molecule has 5 heteroatoms. The fourth-order valence-corrected chi connectivity index (χ4v) is 2.12. The van der Waals surface area contributed by atoms with Gasteiger partial charge in [0.15, 0.2) is 0 Å². The lowest BCUT2D eigenvalue weighted by molar-refractivity contribution is 0.818. The molecule has 0 bridgehead atoms. The molecule has 0 spiro atoms. The number of hydrogen-bond donors (Lipinski definition) is 2. The molecule has 110 valence electrons. The first-order valence-electron chi connectivity index (χ1n) is 7.08. The van der Waals surface area contributed by atoms with E-state index < -0.39 is 0 Å². The molecule has 2 heterocycles. The van der Waals surface area contributed by atoms with E-state index in [9.17, 15) is 0 Å². The highest BCUT2D eigenvalue weighted by atomic mass is 15.1. The minimum atomic E-state index is -0.00982. The zero-order valence-electron chi connectivity index (χ0n) is 12.3.